The monoisotopic (exact) mass is 279 g/mol. The van der Waals surface area contributed by atoms with Gasteiger partial charge in [-0.15, -0.1) is 0 Å². The lowest BCUT2D eigenvalue weighted by Crippen LogP contribution is -2.49. The van der Waals surface area contributed by atoms with E-state index in [2.05, 4.69) is 39.9 Å². The summed E-state index contributed by atoms with van der Waals surface area (Å²) in [6.45, 7) is 12.2. The molecule has 0 aromatic rings. The third-order valence-corrected chi connectivity index (χ3v) is 5.66. The molecular formula is C19H37N. The van der Waals surface area contributed by atoms with Gasteiger partial charge in [0.15, 0.2) is 0 Å². The first-order chi connectivity index (χ1) is 9.31. The second-order valence-corrected chi connectivity index (χ2v) is 9.19. The van der Waals surface area contributed by atoms with Crippen LogP contribution in [0.25, 0.3) is 0 Å². The fourth-order valence-electron chi connectivity index (χ4n) is 5.39. The lowest BCUT2D eigenvalue weighted by atomic mass is 9.63. The fourth-order valence-corrected chi connectivity index (χ4v) is 5.39. The zero-order valence-electron chi connectivity index (χ0n) is 14.6. The van der Waals surface area contributed by atoms with Gasteiger partial charge in [0.25, 0.3) is 0 Å². The van der Waals surface area contributed by atoms with Gasteiger partial charge in [0.2, 0.25) is 0 Å². The molecule has 0 radical (unpaired) electrons. The minimum Gasteiger partial charge on any atom is -0.311 e. The Labute approximate surface area is 127 Å². The van der Waals surface area contributed by atoms with Crippen LogP contribution in [0.2, 0.25) is 0 Å². The molecule has 2 saturated carbocycles. The van der Waals surface area contributed by atoms with Gasteiger partial charge < -0.3 is 5.32 Å². The molecule has 1 nitrogen and oxygen atoms in total. The molecule has 1 N–H and O–H groups in total. The first-order valence-electron chi connectivity index (χ1n) is 9.07. The predicted octanol–water partition coefficient (Wildman–Crippen LogP) is 5.54. The van der Waals surface area contributed by atoms with Gasteiger partial charge in [-0.3, -0.25) is 0 Å². The van der Waals surface area contributed by atoms with Gasteiger partial charge in [-0.25, -0.2) is 0 Å². The van der Waals surface area contributed by atoms with Crippen molar-refractivity contribution >= 4 is 0 Å². The first-order valence-corrected chi connectivity index (χ1v) is 9.07. The van der Waals surface area contributed by atoms with Crippen molar-refractivity contribution in [3.8, 4) is 0 Å². The van der Waals surface area contributed by atoms with Gasteiger partial charge >= 0.3 is 0 Å². The Balaban J connectivity index is 1.95. The SMILES string of the molecule is CCC(NC1CC(C)(C)CC(C)(C)C1)C1CCCCC1. The quantitative estimate of drug-likeness (QED) is 0.712. The molecule has 0 aliphatic heterocycles. The Morgan fingerprint density at radius 2 is 1.50 bits per heavy atom. The van der Waals surface area contributed by atoms with E-state index >= 15 is 0 Å². The Hall–Kier alpha value is -0.0400. The highest BCUT2D eigenvalue weighted by Gasteiger charge is 2.39. The minimum atomic E-state index is 0.504. The molecule has 2 aliphatic carbocycles. The third-order valence-electron chi connectivity index (χ3n) is 5.66. The van der Waals surface area contributed by atoms with Crippen molar-refractivity contribution in [1.82, 2.24) is 5.32 Å². The fraction of sp³-hybridized carbons (Fsp3) is 1.00. The molecule has 2 aliphatic rings. The van der Waals surface area contributed by atoms with Gasteiger partial charge in [0.05, 0.1) is 0 Å². The summed E-state index contributed by atoms with van der Waals surface area (Å²) in [5.74, 6) is 0.946. The van der Waals surface area contributed by atoms with Gasteiger partial charge in [0, 0.05) is 12.1 Å². The Morgan fingerprint density at radius 3 is 2.00 bits per heavy atom. The lowest BCUT2D eigenvalue weighted by molar-refractivity contribution is 0.0732. The Bertz CT molecular complexity index is 283. The molecule has 118 valence electrons. The molecule has 0 aromatic heterocycles. The highest BCUT2D eigenvalue weighted by Crippen LogP contribution is 2.46. The number of rotatable bonds is 4. The standard InChI is InChI=1S/C19H37N/c1-6-17(15-10-8-7-9-11-15)20-16-12-18(2,3)14-19(4,5)13-16/h15-17,20H,6-14H2,1-5H3. The van der Waals surface area contributed by atoms with E-state index in [1.54, 1.807) is 0 Å². The number of nitrogens with one attached hydrogen (secondary N) is 1. The zero-order valence-corrected chi connectivity index (χ0v) is 14.6. The molecule has 2 rings (SSSR count). The minimum absolute atomic E-state index is 0.504. The summed E-state index contributed by atoms with van der Waals surface area (Å²) in [6.07, 6.45) is 12.7. The smallest absolute Gasteiger partial charge is 0.00952 e. The average Bonchev–Trinajstić information content (AvgIpc) is 2.33. The molecule has 1 atom stereocenters. The van der Waals surface area contributed by atoms with Crippen molar-refractivity contribution < 1.29 is 0 Å². The molecule has 1 heteroatoms. The number of hydrogen-bond donors (Lipinski definition) is 1. The van der Waals surface area contributed by atoms with Crippen LogP contribution in [0.4, 0.5) is 0 Å². The second-order valence-electron chi connectivity index (χ2n) is 9.19. The predicted molar refractivity (Wildman–Crippen MR) is 89.0 cm³/mol. The van der Waals surface area contributed by atoms with Crippen LogP contribution in [-0.4, -0.2) is 12.1 Å². The van der Waals surface area contributed by atoms with Crippen molar-refractivity contribution in [2.45, 2.75) is 104 Å². The van der Waals surface area contributed by atoms with Crippen molar-refractivity contribution in [3.05, 3.63) is 0 Å². The van der Waals surface area contributed by atoms with Crippen LogP contribution in [0.15, 0.2) is 0 Å². The van der Waals surface area contributed by atoms with Crippen LogP contribution >= 0.6 is 0 Å². The van der Waals surface area contributed by atoms with Crippen molar-refractivity contribution in [1.29, 1.82) is 0 Å². The van der Waals surface area contributed by atoms with Crippen LogP contribution in [0.1, 0.15) is 92.4 Å². The largest absolute Gasteiger partial charge is 0.311 e. The van der Waals surface area contributed by atoms with Crippen LogP contribution < -0.4 is 5.32 Å². The van der Waals surface area contributed by atoms with Crippen LogP contribution in [-0.2, 0) is 0 Å². The molecule has 0 aromatic carbocycles. The van der Waals surface area contributed by atoms with E-state index in [0.29, 0.717) is 10.8 Å². The van der Waals surface area contributed by atoms with Crippen molar-refractivity contribution in [2.24, 2.45) is 16.7 Å². The topological polar surface area (TPSA) is 12.0 Å². The van der Waals surface area contributed by atoms with Gasteiger partial charge in [0.1, 0.15) is 0 Å². The van der Waals surface area contributed by atoms with E-state index < -0.39 is 0 Å². The Morgan fingerprint density at radius 1 is 0.950 bits per heavy atom. The first kappa shape index (κ1) is 16.3. The normalized spacial score (nSPS) is 29.2. The molecule has 2 fully saturated rings. The molecule has 0 amide bonds. The van der Waals surface area contributed by atoms with Gasteiger partial charge in [-0.05, 0) is 55.3 Å². The average molecular weight is 280 g/mol. The second kappa shape index (κ2) is 6.38. The summed E-state index contributed by atoms with van der Waals surface area (Å²) in [5.41, 5.74) is 1.01. The Kier molecular flexibility index (Phi) is 5.21. The summed E-state index contributed by atoms with van der Waals surface area (Å²) >= 11 is 0. The lowest BCUT2D eigenvalue weighted by Gasteiger charge is -2.47. The maximum atomic E-state index is 4.09. The van der Waals surface area contributed by atoms with E-state index in [0.717, 1.165) is 18.0 Å². The molecular weight excluding hydrogens is 242 g/mol. The van der Waals surface area contributed by atoms with Crippen molar-refractivity contribution in [3.63, 3.8) is 0 Å². The van der Waals surface area contributed by atoms with Crippen molar-refractivity contribution in [2.75, 3.05) is 0 Å². The highest BCUT2D eigenvalue weighted by atomic mass is 15.0. The molecule has 0 saturated heterocycles. The molecule has 0 bridgehead atoms. The highest BCUT2D eigenvalue weighted by molar-refractivity contribution is 4.94. The maximum Gasteiger partial charge on any atom is 0.00952 e. The van der Waals surface area contributed by atoms with E-state index in [9.17, 15) is 0 Å². The summed E-state index contributed by atoms with van der Waals surface area (Å²) in [7, 11) is 0. The van der Waals surface area contributed by atoms with Gasteiger partial charge in [-0.1, -0.05) is 53.9 Å². The molecule has 1 unspecified atom stereocenters. The molecule has 0 spiro atoms. The molecule has 20 heavy (non-hydrogen) atoms. The summed E-state index contributed by atoms with van der Waals surface area (Å²) in [6, 6.07) is 1.51. The van der Waals surface area contributed by atoms with E-state index in [-0.39, 0.29) is 0 Å². The number of hydrogen-bond acceptors (Lipinski definition) is 1. The van der Waals surface area contributed by atoms with E-state index in [4.69, 9.17) is 0 Å². The van der Waals surface area contributed by atoms with E-state index in [1.807, 2.05) is 0 Å². The van der Waals surface area contributed by atoms with E-state index in [1.165, 1.54) is 57.8 Å². The van der Waals surface area contributed by atoms with Crippen LogP contribution in [0.3, 0.4) is 0 Å². The van der Waals surface area contributed by atoms with Gasteiger partial charge in [-0.2, -0.15) is 0 Å². The molecule has 0 heterocycles. The maximum absolute atomic E-state index is 4.09. The van der Waals surface area contributed by atoms with Crippen LogP contribution in [0.5, 0.6) is 0 Å². The summed E-state index contributed by atoms with van der Waals surface area (Å²) < 4.78 is 0. The zero-order chi connectivity index (χ0) is 14.8. The third kappa shape index (κ3) is 4.48. The summed E-state index contributed by atoms with van der Waals surface area (Å²) in [5, 5.41) is 4.09. The van der Waals surface area contributed by atoms with Crippen LogP contribution in [0, 0.1) is 16.7 Å². The summed E-state index contributed by atoms with van der Waals surface area (Å²) in [4.78, 5) is 0.